The summed E-state index contributed by atoms with van der Waals surface area (Å²) in [6.45, 7) is 0. The molecule has 11 rings (SSSR count). The third-order valence-corrected chi connectivity index (χ3v) is 13.2. The second-order valence-corrected chi connectivity index (χ2v) is 15.6. The van der Waals surface area contributed by atoms with Crippen molar-refractivity contribution >= 4 is 85.2 Å². The van der Waals surface area contributed by atoms with Crippen LogP contribution in [0.4, 0.5) is 0 Å². The van der Waals surface area contributed by atoms with Crippen molar-refractivity contribution in [1.29, 1.82) is 0 Å². The third kappa shape index (κ3) is 4.45. The maximum atomic E-state index is 2.39. The van der Waals surface area contributed by atoms with E-state index in [4.69, 9.17) is 0 Å². The minimum Gasteiger partial charge on any atom is -0.134 e. The monoisotopic (exact) mass is 694 g/mol. The maximum absolute atomic E-state index is 2.39. The van der Waals surface area contributed by atoms with Crippen LogP contribution >= 0.6 is 22.7 Å². The molecule has 0 N–H and O–H groups in total. The lowest BCUT2D eigenvalue weighted by atomic mass is 9.84. The third-order valence-electron chi connectivity index (χ3n) is 10.7. The van der Waals surface area contributed by atoms with E-state index in [-0.39, 0.29) is 0 Å². The van der Waals surface area contributed by atoms with Gasteiger partial charge in [0.15, 0.2) is 0 Å². The fourth-order valence-electron chi connectivity index (χ4n) is 8.41. The quantitative estimate of drug-likeness (QED) is 0.161. The molecule has 0 fully saturated rings. The SMILES string of the molecule is c1ccc(-c2sc3c(ccc4c3sc3cccc(-c5c6ccccc6c(-c6ccc7ccccc7c6)c6ccccc56)c34)c2-c2ccccc2)cc1. The van der Waals surface area contributed by atoms with Crippen LogP contribution in [0.15, 0.2) is 182 Å². The van der Waals surface area contributed by atoms with Gasteiger partial charge in [0.1, 0.15) is 0 Å². The Labute approximate surface area is 309 Å². The average Bonchev–Trinajstić information content (AvgIpc) is 3.80. The van der Waals surface area contributed by atoms with E-state index < -0.39 is 0 Å². The van der Waals surface area contributed by atoms with Crippen LogP contribution in [0.5, 0.6) is 0 Å². The van der Waals surface area contributed by atoms with Gasteiger partial charge in [0.2, 0.25) is 0 Å². The molecule has 242 valence electrons. The molecule has 2 heteroatoms. The lowest BCUT2D eigenvalue weighted by molar-refractivity contribution is 1.66. The van der Waals surface area contributed by atoms with Gasteiger partial charge in [-0.15, -0.1) is 22.7 Å². The average molecular weight is 695 g/mol. The Kier molecular flexibility index (Phi) is 6.70. The van der Waals surface area contributed by atoms with Crippen LogP contribution < -0.4 is 0 Å². The smallest absolute Gasteiger partial charge is 0.0534 e. The fraction of sp³-hybridized carbons (Fsp3) is 0. The molecule has 0 amide bonds. The topological polar surface area (TPSA) is 0 Å². The number of fused-ring (bicyclic) bond motifs is 8. The van der Waals surface area contributed by atoms with Crippen LogP contribution in [0.3, 0.4) is 0 Å². The molecule has 0 saturated carbocycles. The summed E-state index contributed by atoms with van der Waals surface area (Å²) in [7, 11) is 0. The van der Waals surface area contributed by atoms with Crippen LogP contribution in [0, 0.1) is 0 Å². The number of hydrogen-bond acceptors (Lipinski definition) is 2. The zero-order chi connectivity index (χ0) is 34.2. The van der Waals surface area contributed by atoms with Gasteiger partial charge in [0.05, 0.1) is 9.40 Å². The first kappa shape index (κ1) is 29.6. The molecule has 0 atom stereocenters. The summed E-state index contributed by atoms with van der Waals surface area (Å²) in [6, 6.07) is 67.1. The highest BCUT2D eigenvalue weighted by molar-refractivity contribution is 7.32. The second kappa shape index (κ2) is 11.7. The highest BCUT2D eigenvalue weighted by atomic mass is 32.1. The first-order chi connectivity index (χ1) is 25.8. The van der Waals surface area contributed by atoms with E-state index in [0.717, 1.165) is 0 Å². The normalized spacial score (nSPS) is 11.8. The van der Waals surface area contributed by atoms with Crippen molar-refractivity contribution < 1.29 is 0 Å². The molecule has 0 aliphatic carbocycles. The molecule has 0 nitrogen and oxygen atoms in total. The Bertz CT molecular complexity index is 3110. The van der Waals surface area contributed by atoms with Gasteiger partial charge in [-0.3, -0.25) is 0 Å². The molecule has 2 heterocycles. The molecule has 0 unspecified atom stereocenters. The number of thiophene rings is 2. The van der Waals surface area contributed by atoms with E-state index in [0.29, 0.717) is 0 Å². The molecule has 0 bridgehead atoms. The molecular formula is C50H30S2. The number of benzene rings is 9. The minimum absolute atomic E-state index is 1.25. The predicted molar refractivity (Wildman–Crippen MR) is 229 cm³/mol. The second-order valence-electron chi connectivity index (χ2n) is 13.5. The molecule has 0 aliphatic heterocycles. The van der Waals surface area contributed by atoms with Crippen molar-refractivity contribution in [2.45, 2.75) is 0 Å². The van der Waals surface area contributed by atoms with Crippen molar-refractivity contribution in [3.8, 4) is 43.8 Å². The largest absolute Gasteiger partial charge is 0.134 e. The van der Waals surface area contributed by atoms with Crippen molar-refractivity contribution in [3.05, 3.63) is 182 Å². The summed E-state index contributed by atoms with van der Waals surface area (Å²) < 4.78 is 4.05. The Balaban J connectivity index is 1.22. The Morgan fingerprint density at radius 3 is 1.60 bits per heavy atom. The van der Waals surface area contributed by atoms with Crippen molar-refractivity contribution in [3.63, 3.8) is 0 Å². The van der Waals surface area contributed by atoms with Gasteiger partial charge < -0.3 is 0 Å². The van der Waals surface area contributed by atoms with Crippen LogP contribution in [0.2, 0.25) is 0 Å². The summed E-state index contributed by atoms with van der Waals surface area (Å²) in [5, 5.41) is 11.6. The molecule has 11 aromatic rings. The van der Waals surface area contributed by atoms with E-state index in [9.17, 15) is 0 Å². The van der Waals surface area contributed by atoms with E-state index in [1.807, 2.05) is 22.7 Å². The van der Waals surface area contributed by atoms with E-state index >= 15 is 0 Å². The van der Waals surface area contributed by atoms with Gasteiger partial charge in [0.25, 0.3) is 0 Å². The molecule has 9 aromatic carbocycles. The molecular weight excluding hydrogens is 665 g/mol. The van der Waals surface area contributed by atoms with Crippen LogP contribution in [-0.4, -0.2) is 0 Å². The highest BCUT2D eigenvalue weighted by Crippen LogP contribution is 2.52. The number of rotatable bonds is 4. The Morgan fingerprint density at radius 1 is 0.308 bits per heavy atom. The summed E-state index contributed by atoms with van der Waals surface area (Å²) in [5.41, 5.74) is 9.00. The zero-order valence-corrected chi connectivity index (χ0v) is 29.8. The number of hydrogen-bond donors (Lipinski definition) is 0. The highest BCUT2D eigenvalue weighted by Gasteiger charge is 2.23. The van der Waals surface area contributed by atoms with Gasteiger partial charge in [-0.25, -0.2) is 0 Å². The Hall–Kier alpha value is -6.06. The van der Waals surface area contributed by atoms with E-state index in [1.165, 1.54) is 106 Å². The first-order valence-electron chi connectivity index (χ1n) is 17.8. The zero-order valence-electron chi connectivity index (χ0n) is 28.1. The van der Waals surface area contributed by atoms with E-state index in [1.54, 1.807) is 0 Å². The van der Waals surface area contributed by atoms with Crippen molar-refractivity contribution in [2.24, 2.45) is 0 Å². The molecule has 0 spiro atoms. The van der Waals surface area contributed by atoms with Crippen LogP contribution in [-0.2, 0) is 0 Å². The molecule has 2 aromatic heterocycles. The maximum Gasteiger partial charge on any atom is 0.0534 e. The standard InChI is InChI=1S/C50H30S2/c1-3-15-32(16-4-1)45-41-28-29-42-47-40(24-13-25-43(47)51-49(42)50(41)52-48(45)33-17-5-2-6-18-33)46-38-22-11-9-20-36(38)44(37-21-10-12-23-39(37)46)35-27-26-31-14-7-8-19-34(31)30-35/h1-30H. The molecule has 52 heavy (non-hydrogen) atoms. The van der Waals surface area contributed by atoms with Crippen LogP contribution in [0.25, 0.3) is 106 Å². The lowest BCUT2D eigenvalue weighted by Gasteiger charge is -2.18. The van der Waals surface area contributed by atoms with Gasteiger partial charge >= 0.3 is 0 Å². The molecule has 0 saturated heterocycles. The fourth-order valence-corrected chi connectivity index (χ4v) is 11.1. The summed E-state index contributed by atoms with van der Waals surface area (Å²) in [5.74, 6) is 0. The van der Waals surface area contributed by atoms with Gasteiger partial charge in [0, 0.05) is 31.3 Å². The van der Waals surface area contributed by atoms with Gasteiger partial charge in [-0.05, 0) is 77.8 Å². The Morgan fingerprint density at radius 2 is 0.885 bits per heavy atom. The lowest BCUT2D eigenvalue weighted by Crippen LogP contribution is -1.91. The molecule has 0 aliphatic rings. The van der Waals surface area contributed by atoms with E-state index in [2.05, 4.69) is 182 Å². The predicted octanol–water partition coefficient (Wildman–Crippen LogP) is 15.4. The van der Waals surface area contributed by atoms with Crippen molar-refractivity contribution in [1.82, 2.24) is 0 Å². The van der Waals surface area contributed by atoms with Gasteiger partial charge in [-0.1, -0.05) is 170 Å². The molecule has 0 radical (unpaired) electrons. The van der Waals surface area contributed by atoms with Gasteiger partial charge in [-0.2, -0.15) is 0 Å². The summed E-state index contributed by atoms with van der Waals surface area (Å²) in [6.07, 6.45) is 0. The van der Waals surface area contributed by atoms with Crippen molar-refractivity contribution in [2.75, 3.05) is 0 Å². The summed E-state index contributed by atoms with van der Waals surface area (Å²) >= 11 is 3.87. The van der Waals surface area contributed by atoms with Crippen LogP contribution in [0.1, 0.15) is 0 Å². The minimum atomic E-state index is 1.25. The first-order valence-corrected chi connectivity index (χ1v) is 19.4. The summed E-state index contributed by atoms with van der Waals surface area (Å²) in [4.78, 5) is 1.33.